The van der Waals surface area contributed by atoms with Crippen molar-refractivity contribution in [2.24, 2.45) is 0 Å². The van der Waals surface area contributed by atoms with Gasteiger partial charge in [-0.05, 0) is 21.6 Å². The van der Waals surface area contributed by atoms with Gasteiger partial charge in [-0.3, -0.25) is 0 Å². The van der Waals surface area contributed by atoms with Gasteiger partial charge in [0.2, 0.25) is 40.6 Å². The van der Waals surface area contributed by atoms with Crippen LogP contribution in [0.15, 0.2) is 0 Å². The minimum Gasteiger partial charge on any atom is -0.505 e. The highest BCUT2D eigenvalue weighted by Crippen LogP contribution is 2.39. The number of phenols is 4. The van der Waals surface area contributed by atoms with Crippen molar-refractivity contribution in [3.05, 3.63) is 0 Å². The SMILES string of the molecule is CC1(C)BC(=O)C(=O)BC(C)(C)C(=O)Bc2c(O)c(O)c(O)c(O)c2BC1=O. The second-order valence-corrected chi connectivity index (χ2v) is 8.52. The first-order valence-corrected chi connectivity index (χ1v) is 8.79. The molecule has 2 rings (SSSR count). The Morgan fingerprint density at radius 3 is 1.14 bits per heavy atom. The van der Waals surface area contributed by atoms with Crippen molar-refractivity contribution in [1.29, 1.82) is 0 Å². The molecule has 1 aliphatic heterocycles. The smallest absolute Gasteiger partial charge is 0.243 e. The lowest BCUT2D eigenvalue weighted by Crippen LogP contribution is -2.50. The lowest BCUT2D eigenvalue weighted by atomic mass is 9.34. The Kier molecular flexibility index (Phi) is 5.47. The van der Waals surface area contributed by atoms with Gasteiger partial charge >= 0.3 is 0 Å². The van der Waals surface area contributed by atoms with Gasteiger partial charge in [0.1, 0.15) is 11.4 Å². The van der Waals surface area contributed by atoms with Crippen molar-refractivity contribution in [3.63, 3.8) is 0 Å². The van der Waals surface area contributed by atoms with E-state index < -0.39 is 70.9 Å². The lowest BCUT2D eigenvalue weighted by Gasteiger charge is -2.26. The minimum absolute atomic E-state index is 0.200. The Balaban J connectivity index is 2.73. The van der Waals surface area contributed by atoms with Crippen molar-refractivity contribution in [3.8, 4) is 23.0 Å². The summed E-state index contributed by atoms with van der Waals surface area (Å²) in [5.74, 6) is -3.65. The third-order valence-corrected chi connectivity index (χ3v) is 5.31. The Hall–Kier alpha value is -2.64. The molecular weight excluding hydrogens is 363 g/mol. The van der Waals surface area contributed by atoms with Crippen LogP contribution < -0.4 is 10.9 Å². The van der Waals surface area contributed by atoms with E-state index in [4.69, 9.17) is 0 Å². The van der Waals surface area contributed by atoms with Crippen molar-refractivity contribution < 1.29 is 39.6 Å². The summed E-state index contributed by atoms with van der Waals surface area (Å²) in [6.45, 7) is 5.89. The zero-order valence-electron chi connectivity index (χ0n) is 16.3. The molecule has 1 aliphatic rings. The lowest BCUT2D eigenvalue weighted by molar-refractivity contribution is -0.128. The zero-order chi connectivity index (χ0) is 21.6. The zero-order valence-corrected chi connectivity index (χ0v) is 16.3. The maximum absolute atomic E-state index is 12.8. The van der Waals surface area contributed by atoms with Gasteiger partial charge in [-0.2, -0.15) is 0 Å². The van der Waals surface area contributed by atoms with Crippen LogP contribution in [0.25, 0.3) is 0 Å². The molecule has 0 spiro atoms. The van der Waals surface area contributed by atoms with Gasteiger partial charge in [-0.25, -0.2) is 0 Å². The number of aromatic hydroxyl groups is 4. The van der Waals surface area contributed by atoms with Gasteiger partial charge in [0.05, 0.1) is 11.4 Å². The van der Waals surface area contributed by atoms with E-state index in [1.54, 1.807) is 0 Å². The predicted octanol–water partition coefficient (Wildman–Crippen LogP) is -2.98. The predicted molar refractivity (Wildman–Crippen MR) is 109 cm³/mol. The summed E-state index contributed by atoms with van der Waals surface area (Å²) in [4.78, 5) is 50.1. The number of carbonyl (C=O) groups is 4. The molecule has 144 valence electrons. The molecule has 1 heterocycles. The van der Waals surface area contributed by atoms with Crippen LogP contribution in [0.5, 0.6) is 23.0 Å². The Bertz CT molecular complexity index is 834. The first-order chi connectivity index (χ1) is 12.7. The van der Waals surface area contributed by atoms with E-state index in [0.29, 0.717) is 0 Å². The third kappa shape index (κ3) is 3.81. The molecule has 0 saturated carbocycles. The van der Waals surface area contributed by atoms with E-state index >= 15 is 0 Å². The summed E-state index contributed by atoms with van der Waals surface area (Å²) in [5.41, 5.74) is -3.01. The molecule has 0 saturated heterocycles. The number of hydrogen-bond acceptors (Lipinski definition) is 8. The summed E-state index contributed by atoms with van der Waals surface area (Å²) in [6.07, 6.45) is 0. The van der Waals surface area contributed by atoms with Gasteiger partial charge in [0.25, 0.3) is 0 Å². The highest BCUT2D eigenvalue weighted by Gasteiger charge is 2.41. The van der Waals surface area contributed by atoms with Gasteiger partial charge in [0.15, 0.2) is 11.5 Å². The van der Waals surface area contributed by atoms with Crippen LogP contribution in [-0.2, 0) is 19.2 Å². The van der Waals surface area contributed by atoms with Crippen molar-refractivity contribution >= 4 is 62.8 Å². The van der Waals surface area contributed by atoms with E-state index in [1.807, 2.05) is 0 Å². The summed E-state index contributed by atoms with van der Waals surface area (Å²) >= 11 is 0. The van der Waals surface area contributed by atoms with Crippen molar-refractivity contribution in [1.82, 2.24) is 0 Å². The molecule has 0 atom stereocenters. The quantitative estimate of drug-likeness (QED) is 0.160. The van der Waals surface area contributed by atoms with Crippen LogP contribution in [0.1, 0.15) is 27.7 Å². The van der Waals surface area contributed by atoms with Gasteiger partial charge in [-0.15, -0.1) is 0 Å². The van der Waals surface area contributed by atoms with E-state index in [-0.39, 0.29) is 25.5 Å². The fourth-order valence-electron chi connectivity index (χ4n) is 3.17. The number of hydrogen-bond donors (Lipinski definition) is 4. The monoisotopic (exact) mass is 384 g/mol. The molecule has 1 aromatic rings. The molecule has 0 fully saturated rings. The van der Waals surface area contributed by atoms with Crippen LogP contribution >= 0.6 is 0 Å². The molecule has 0 radical (unpaired) electrons. The van der Waals surface area contributed by atoms with Crippen LogP contribution in [-0.4, -0.2) is 72.3 Å². The highest BCUT2D eigenvalue weighted by atomic mass is 16.3. The van der Waals surface area contributed by atoms with Crippen LogP contribution in [0.2, 0.25) is 10.6 Å². The second-order valence-electron chi connectivity index (χ2n) is 8.52. The van der Waals surface area contributed by atoms with Gasteiger partial charge in [-0.1, -0.05) is 27.7 Å². The first-order valence-electron chi connectivity index (χ1n) is 8.79. The van der Waals surface area contributed by atoms with Crippen molar-refractivity contribution in [2.75, 3.05) is 0 Å². The molecule has 0 amide bonds. The standard InChI is InChI=1S/C16H20B4O8/c1-15(2)13(27)17-5-6(8(22)10(24)9(23)7(5)21)18-14(28)16(3,4)20-12(26)11(25)19-15/h17-24H,1-4H3. The highest BCUT2D eigenvalue weighted by molar-refractivity contribution is 7.11. The maximum Gasteiger partial charge on any atom is 0.243 e. The Labute approximate surface area is 164 Å². The average Bonchev–Trinajstić information content (AvgIpc) is 2.58. The first kappa shape index (κ1) is 21.7. The van der Waals surface area contributed by atoms with E-state index in [1.165, 1.54) is 27.7 Å². The fraction of sp³-hybridized carbons (Fsp3) is 0.375. The Morgan fingerprint density at radius 2 is 0.857 bits per heavy atom. The average molecular weight is 384 g/mol. The van der Waals surface area contributed by atoms with Crippen LogP contribution in [0, 0.1) is 0 Å². The Morgan fingerprint density at radius 1 is 0.571 bits per heavy atom. The second kappa shape index (κ2) is 7.07. The van der Waals surface area contributed by atoms with E-state index in [0.717, 1.165) is 0 Å². The van der Waals surface area contributed by atoms with E-state index in [9.17, 15) is 39.6 Å². The van der Waals surface area contributed by atoms with E-state index in [2.05, 4.69) is 0 Å². The molecule has 1 aromatic carbocycles. The normalized spacial score (nSPS) is 19.1. The molecule has 28 heavy (non-hydrogen) atoms. The van der Waals surface area contributed by atoms with Crippen molar-refractivity contribution in [2.45, 2.75) is 38.3 Å². The number of carbonyl (C=O) groups excluding carboxylic acids is 4. The van der Waals surface area contributed by atoms with Gasteiger partial charge < -0.3 is 39.6 Å². The maximum atomic E-state index is 12.8. The molecule has 4 N–H and O–H groups in total. The molecule has 0 aromatic heterocycles. The summed E-state index contributed by atoms with van der Waals surface area (Å²) < 4.78 is 0. The summed E-state index contributed by atoms with van der Waals surface area (Å²) in [7, 11) is -1.77. The molecule has 0 aliphatic carbocycles. The molecular formula is C16H20B4O8. The number of rotatable bonds is 0. The minimum atomic E-state index is -1.26. The van der Waals surface area contributed by atoms with Crippen LogP contribution in [0.3, 0.4) is 0 Å². The number of benzene rings is 1. The molecule has 8 nitrogen and oxygen atoms in total. The summed E-state index contributed by atoms with van der Waals surface area (Å²) in [6, 6.07) is 0. The topological polar surface area (TPSA) is 149 Å². The largest absolute Gasteiger partial charge is 0.505 e. The fourth-order valence-corrected chi connectivity index (χ4v) is 3.17. The van der Waals surface area contributed by atoms with Crippen LogP contribution in [0.4, 0.5) is 0 Å². The summed E-state index contributed by atoms with van der Waals surface area (Å²) in [5, 5.41) is 37.7. The molecule has 0 bridgehead atoms. The third-order valence-electron chi connectivity index (χ3n) is 5.31. The molecule has 0 unspecified atom stereocenters. The molecule has 12 heteroatoms. The number of phenolic OH excluding ortho intramolecular Hbond substituents is 4. The van der Waals surface area contributed by atoms with Gasteiger partial charge in [0, 0.05) is 0 Å². The number of fused-ring (bicyclic) bond motifs is 1.